The molecular weight excluding hydrogens is 316 g/mol. The van der Waals surface area contributed by atoms with E-state index in [1.807, 2.05) is 42.2 Å². The van der Waals surface area contributed by atoms with Gasteiger partial charge in [-0.2, -0.15) is 0 Å². The van der Waals surface area contributed by atoms with Gasteiger partial charge in [0, 0.05) is 12.1 Å². The van der Waals surface area contributed by atoms with Gasteiger partial charge < -0.3 is 10.4 Å². The number of amides is 1. The molecule has 0 saturated heterocycles. The number of nitrogens with zero attached hydrogens (tertiary/aromatic N) is 1. The fraction of sp³-hybridized carbons (Fsp3) is 0.600. The average molecular weight is 346 g/mol. The summed E-state index contributed by atoms with van der Waals surface area (Å²) in [5.41, 5.74) is 1.06. The second-order valence-corrected chi connectivity index (χ2v) is 7.06. The van der Waals surface area contributed by atoms with E-state index in [1.54, 1.807) is 0 Å². The molecule has 1 aliphatic carbocycles. The van der Waals surface area contributed by atoms with Crippen LogP contribution in [0.2, 0.25) is 0 Å². The largest absolute Gasteiger partial charge is 0.480 e. The maximum Gasteiger partial charge on any atom is 0.317 e. The molecule has 5 nitrogen and oxygen atoms in total. The van der Waals surface area contributed by atoms with Crippen molar-refractivity contribution in [2.45, 2.75) is 58.0 Å². The van der Waals surface area contributed by atoms with E-state index in [4.69, 9.17) is 5.11 Å². The lowest BCUT2D eigenvalue weighted by atomic mass is 9.82. The number of carboxylic acid groups (broad SMARTS) is 1. The third kappa shape index (κ3) is 5.05. The van der Waals surface area contributed by atoms with Crippen LogP contribution in [0.5, 0.6) is 0 Å². The molecule has 1 aromatic carbocycles. The normalized spacial score (nSPS) is 22.1. The summed E-state index contributed by atoms with van der Waals surface area (Å²) in [5.74, 6) is -0.565. The summed E-state index contributed by atoms with van der Waals surface area (Å²) < 4.78 is 0. The molecular formula is C20H30N2O3. The van der Waals surface area contributed by atoms with Crippen LogP contribution in [0.25, 0.3) is 0 Å². The van der Waals surface area contributed by atoms with Crippen molar-refractivity contribution < 1.29 is 14.7 Å². The highest BCUT2D eigenvalue weighted by molar-refractivity contribution is 5.84. The van der Waals surface area contributed by atoms with Crippen molar-refractivity contribution in [1.29, 1.82) is 0 Å². The first-order valence-corrected chi connectivity index (χ1v) is 9.27. The molecule has 2 rings (SSSR count). The van der Waals surface area contributed by atoms with Gasteiger partial charge in [0.1, 0.15) is 0 Å². The van der Waals surface area contributed by atoms with Crippen LogP contribution < -0.4 is 5.32 Å². The fourth-order valence-corrected chi connectivity index (χ4v) is 3.60. The number of carbonyl (C=O) groups is 2. The zero-order valence-electron chi connectivity index (χ0n) is 15.4. The minimum Gasteiger partial charge on any atom is -0.480 e. The van der Waals surface area contributed by atoms with Gasteiger partial charge in [-0.3, -0.25) is 14.5 Å². The van der Waals surface area contributed by atoms with Crippen LogP contribution in [0.15, 0.2) is 30.3 Å². The number of benzene rings is 1. The van der Waals surface area contributed by atoms with Crippen molar-refractivity contribution in [2.24, 2.45) is 5.92 Å². The van der Waals surface area contributed by atoms with E-state index in [0.29, 0.717) is 0 Å². The number of carbonyl (C=O) groups excluding carboxylic acids is 1. The zero-order valence-corrected chi connectivity index (χ0v) is 15.4. The van der Waals surface area contributed by atoms with Gasteiger partial charge in [-0.05, 0) is 30.9 Å². The number of hydrogen-bond acceptors (Lipinski definition) is 3. The van der Waals surface area contributed by atoms with Gasteiger partial charge in [-0.25, -0.2) is 0 Å². The highest BCUT2D eigenvalue weighted by Gasteiger charge is 2.36. The number of aliphatic carboxylic acids is 1. The summed E-state index contributed by atoms with van der Waals surface area (Å²) in [6, 6.07) is 10.4. The van der Waals surface area contributed by atoms with Gasteiger partial charge in [0.2, 0.25) is 5.91 Å². The van der Waals surface area contributed by atoms with Gasteiger partial charge >= 0.3 is 5.97 Å². The first-order valence-electron chi connectivity index (χ1n) is 9.27. The predicted octanol–water partition coefficient (Wildman–Crippen LogP) is 2.87. The molecule has 138 valence electrons. The third-order valence-corrected chi connectivity index (χ3v) is 5.37. The quantitative estimate of drug-likeness (QED) is 0.721. The summed E-state index contributed by atoms with van der Waals surface area (Å²) in [6.07, 6.45) is 2.60. The number of rotatable bonds is 9. The van der Waals surface area contributed by atoms with E-state index in [1.165, 1.54) is 0 Å². The Bertz CT molecular complexity index is 570. The van der Waals surface area contributed by atoms with Crippen molar-refractivity contribution >= 4 is 11.9 Å². The summed E-state index contributed by atoms with van der Waals surface area (Å²) in [4.78, 5) is 25.7. The van der Waals surface area contributed by atoms with Gasteiger partial charge in [0.05, 0.1) is 12.5 Å². The van der Waals surface area contributed by atoms with Gasteiger partial charge in [0.25, 0.3) is 0 Å². The smallest absolute Gasteiger partial charge is 0.317 e. The summed E-state index contributed by atoms with van der Waals surface area (Å²) >= 11 is 0. The summed E-state index contributed by atoms with van der Waals surface area (Å²) in [6.45, 7) is 6.99. The van der Waals surface area contributed by atoms with Crippen molar-refractivity contribution in [1.82, 2.24) is 10.2 Å². The molecule has 0 bridgehead atoms. The fourth-order valence-electron chi connectivity index (χ4n) is 3.60. The van der Waals surface area contributed by atoms with E-state index < -0.39 is 5.97 Å². The summed E-state index contributed by atoms with van der Waals surface area (Å²) in [7, 11) is 0. The second-order valence-electron chi connectivity index (χ2n) is 7.06. The molecule has 2 unspecified atom stereocenters. The minimum atomic E-state index is -0.796. The topological polar surface area (TPSA) is 69.6 Å². The molecule has 1 fully saturated rings. The first kappa shape index (κ1) is 19.4. The molecule has 2 N–H and O–H groups in total. The third-order valence-electron chi connectivity index (χ3n) is 5.37. The number of likely N-dealkylation sites (N-methyl/N-ethyl adjacent to an activating group) is 1. The van der Waals surface area contributed by atoms with E-state index >= 15 is 0 Å². The van der Waals surface area contributed by atoms with Crippen LogP contribution in [-0.2, 0) is 9.59 Å². The van der Waals surface area contributed by atoms with E-state index in [2.05, 4.69) is 19.2 Å². The molecule has 0 heterocycles. The lowest BCUT2D eigenvalue weighted by Gasteiger charge is -2.42. The lowest BCUT2D eigenvalue weighted by molar-refractivity contribution is -0.140. The lowest BCUT2D eigenvalue weighted by Crippen LogP contribution is -2.55. The highest BCUT2D eigenvalue weighted by atomic mass is 16.4. The maximum atomic E-state index is 12.9. The monoisotopic (exact) mass is 346 g/mol. The molecule has 5 heteroatoms. The number of hydrogen-bond donors (Lipinski definition) is 2. The Hall–Kier alpha value is -1.88. The number of nitrogens with one attached hydrogen (secondary N) is 1. The van der Waals surface area contributed by atoms with E-state index in [-0.39, 0.29) is 36.4 Å². The molecule has 1 saturated carbocycles. The highest BCUT2D eigenvalue weighted by Crippen LogP contribution is 2.30. The van der Waals surface area contributed by atoms with Crippen LogP contribution in [0.4, 0.5) is 0 Å². The van der Waals surface area contributed by atoms with Crippen LogP contribution >= 0.6 is 0 Å². The standard InChI is InChI=1S/C20H30N2O3/c1-4-14(3)19(15-9-7-6-8-10-15)20(25)21-16-11-17(12-16)22(5-2)13-18(23)24/h6-10,14,16-17,19H,4-5,11-13H2,1-3H3,(H,21,25)(H,23,24). The van der Waals surface area contributed by atoms with E-state index in [9.17, 15) is 9.59 Å². The first-order chi connectivity index (χ1) is 12.0. The van der Waals surface area contributed by atoms with Crippen LogP contribution in [0.1, 0.15) is 51.5 Å². The van der Waals surface area contributed by atoms with Crippen molar-refractivity contribution in [2.75, 3.05) is 13.1 Å². The molecule has 1 aromatic rings. The van der Waals surface area contributed by atoms with Crippen LogP contribution in [0.3, 0.4) is 0 Å². The maximum absolute atomic E-state index is 12.9. The van der Waals surface area contributed by atoms with Crippen molar-refractivity contribution in [3.05, 3.63) is 35.9 Å². The molecule has 1 aliphatic rings. The van der Waals surface area contributed by atoms with Gasteiger partial charge in [0.15, 0.2) is 0 Å². The SMILES string of the molecule is CCC(C)C(C(=O)NC1CC(N(CC)CC(=O)O)C1)c1ccccc1. The molecule has 0 spiro atoms. The summed E-state index contributed by atoms with van der Waals surface area (Å²) in [5, 5.41) is 12.1. The molecule has 0 aliphatic heterocycles. The Morgan fingerprint density at radius 2 is 1.88 bits per heavy atom. The van der Waals surface area contributed by atoms with Crippen LogP contribution in [-0.4, -0.2) is 47.1 Å². The molecule has 1 amide bonds. The van der Waals surface area contributed by atoms with Crippen molar-refractivity contribution in [3.8, 4) is 0 Å². The molecule has 0 radical (unpaired) electrons. The Kier molecular flexibility index (Phi) is 7.00. The Labute approximate surface area is 150 Å². The van der Waals surface area contributed by atoms with Gasteiger partial charge in [-0.1, -0.05) is 57.5 Å². The molecule has 2 atom stereocenters. The van der Waals surface area contributed by atoms with Crippen molar-refractivity contribution in [3.63, 3.8) is 0 Å². The van der Waals surface area contributed by atoms with E-state index in [0.717, 1.165) is 31.4 Å². The second kappa shape index (κ2) is 8.99. The molecule has 25 heavy (non-hydrogen) atoms. The minimum absolute atomic E-state index is 0.0708. The Morgan fingerprint density at radius 1 is 1.24 bits per heavy atom. The van der Waals surface area contributed by atoms with Crippen LogP contribution in [0, 0.1) is 5.92 Å². The number of carboxylic acids is 1. The molecule has 0 aromatic heterocycles. The average Bonchev–Trinajstić information content (AvgIpc) is 2.56. The zero-order chi connectivity index (χ0) is 18.4. The Morgan fingerprint density at radius 3 is 2.40 bits per heavy atom. The van der Waals surface area contributed by atoms with Gasteiger partial charge in [-0.15, -0.1) is 0 Å². The predicted molar refractivity (Wildman–Crippen MR) is 98.5 cm³/mol. The Balaban J connectivity index is 1.93.